The standard InChI is InChI=1S/C13H17NO4S/c1-2-11(10-15)14-13(16)8-9-19(17,18)12-6-4-3-5-7-12/h3-9,11,15H,2,10H2,1H3,(H,14,16)/b9-8+. The van der Waals surface area contributed by atoms with Crippen molar-refractivity contribution in [2.75, 3.05) is 6.61 Å². The van der Waals surface area contributed by atoms with Gasteiger partial charge < -0.3 is 10.4 Å². The lowest BCUT2D eigenvalue weighted by Crippen LogP contribution is -2.35. The van der Waals surface area contributed by atoms with Crippen LogP contribution in [-0.4, -0.2) is 32.1 Å². The van der Waals surface area contributed by atoms with Gasteiger partial charge in [0.25, 0.3) is 0 Å². The number of aliphatic hydroxyl groups excluding tert-OH is 1. The highest BCUT2D eigenvalue weighted by atomic mass is 32.2. The molecule has 0 heterocycles. The van der Waals surface area contributed by atoms with Crippen LogP contribution in [0, 0.1) is 0 Å². The molecule has 6 heteroatoms. The first kappa shape index (κ1) is 15.4. The van der Waals surface area contributed by atoms with Crippen LogP contribution in [0.2, 0.25) is 0 Å². The predicted octanol–water partition coefficient (Wildman–Crippen LogP) is 0.861. The van der Waals surface area contributed by atoms with E-state index in [1.807, 2.05) is 6.92 Å². The van der Waals surface area contributed by atoms with Gasteiger partial charge in [-0.3, -0.25) is 4.79 Å². The van der Waals surface area contributed by atoms with Crippen LogP contribution in [0.3, 0.4) is 0 Å². The van der Waals surface area contributed by atoms with E-state index in [2.05, 4.69) is 5.32 Å². The smallest absolute Gasteiger partial charge is 0.244 e. The fourth-order valence-corrected chi connectivity index (χ4v) is 2.36. The molecular weight excluding hydrogens is 266 g/mol. The molecule has 0 aliphatic rings. The summed E-state index contributed by atoms with van der Waals surface area (Å²) < 4.78 is 23.7. The van der Waals surface area contributed by atoms with Gasteiger partial charge in [-0.15, -0.1) is 0 Å². The van der Waals surface area contributed by atoms with Crippen LogP contribution in [0.25, 0.3) is 0 Å². The molecule has 5 nitrogen and oxygen atoms in total. The van der Waals surface area contributed by atoms with Crippen molar-refractivity contribution in [3.8, 4) is 0 Å². The molecule has 0 radical (unpaired) electrons. The fourth-order valence-electron chi connectivity index (χ4n) is 1.37. The number of carbonyl (C=O) groups excluding carboxylic acids is 1. The molecule has 0 saturated carbocycles. The van der Waals surface area contributed by atoms with Crippen molar-refractivity contribution >= 4 is 15.7 Å². The number of aliphatic hydroxyl groups is 1. The van der Waals surface area contributed by atoms with Crippen molar-refractivity contribution in [3.63, 3.8) is 0 Å². The van der Waals surface area contributed by atoms with Crippen molar-refractivity contribution in [1.29, 1.82) is 0 Å². The Kier molecular flexibility index (Phi) is 5.72. The quantitative estimate of drug-likeness (QED) is 0.759. The summed E-state index contributed by atoms with van der Waals surface area (Å²) in [6.07, 6.45) is 1.53. The highest BCUT2D eigenvalue weighted by molar-refractivity contribution is 7.94. The van der Waals surface area contributed by atoms with E-state index in [0.29, 0.717) is 6.42 Å². The van der Waals surface area contributed by atoms with Crippen molar-refractivity contribution in [2.24, 2.45) is 0 Å². The van der Waals surface area contributed by atoms with Gasteiger partial charge in [0.05, 0.1) is 17.5 Å². The van der Waals surface area contributed by atoms with Crippen LogP contribution in [0.15, 0.2) is 46.7 Å². The summed E-state index contributed by atoms with van der Waals surface area (Å²) in [5.41, 5.74) is 0. The minimum absolute atomic E-state index is 0.133. The van der Waals surface area contributed by atoms with Crippen molar-refractivity contribution in [3.05, 3.63) is 41.8 Å². The molecule has 0 bridgehead atoms. The first-order valence-electron chi connectivity index (χ1n) is 5.89. The molecule has 1 aromatic carbocycles. The zero-order valence-corrected chi connectivity index (χ0v) is 11.4. The molecule has 1 unspecified atom stereocenters. The molecule has 1 amide bonds. The summed E-state index contributed by atoms with van der Waals surface area (Å²) in [5, 5.41) is 12.3. The Bertz CT molecular complexity index is 533. The summed E-state index contributed by atoms with van der Waals surface area (Å²) in [7, 11) is -3.61. The number of benzene rings is 1. The van der Waals surface area contributed by atoms with Crippen LogP contribution in [0.1, 0.15) is 13.3 Å². The maximum atomic E-state index is 11.8. The molecule has 0 spiro atoms. The third-order valence-corrected chi connectivity index (χ3v) is 3.95. The van der Waals surface area contributed by atoms with E-state index in [1.54, 1.807) is 18.2 Å². The Hall–Kier alpha value is -1.66. The predicted molar refractivity (Wildman–Crippen MR) is 72.1 cm³/mol. The first-order valence-corrected chi connectivity index (χ1v) is 7.43. The molecule has 104 valence electrons. The SMILES string of the molecule is CCC(CO)NC(=O)/C=C/S(=O)(=O)c1ccccc1. The minimum atomic E-state index is -3.61. The monoisotopic (exact) mass is 283 g/mol. The topological polar surface area (TPSA) is 83.5 Å². The Labute approximate surface area is 112 Å². The van der Waals surface area contributed by atoms with Gasteiger partial charge in [0.1, 0.15) is 0 Å². The number of amides is 1. The van der Waals surface area contributed by atoms with Gasteiger partial charge in [-0.2, -0.15) is 0 Å². The normalized spacial score (nSPS) is 13.4. The van der Waals surface area contributed by atoms with Gasteiger partial charge in [0, 0.05) is 11.5 Å². The van der Waals surface area contributed by atoms with Gasteiger partial charge in [0.15, 0.2) is 9.84 Å². The number of nitrogens with one attached hydrogen (secondary N) is 1. The molecule has 1 aromatic rings. The Morgan fingerprint density at radius 2 is 2.00 bits per heavy atom. The van der Waals surface area contributed by atoms with E-state index in [0.717, 1.165) is 11.5 Å². The highest BCUT2D eigenvalue weighted by Crippen LogP contribution is 2.10. The second-order valence-corrected chi connectivity index (χ2v) is 5.79. The van der Waals surface area contributed by atoms with Crippen LogP contribution >= 0.6 is 0 Å². The van der Waals surface area contributed by atoms with Crippen LogP contribution in [-0.2, 0) is 14.6 Å². The molecular formula is C13H17NO4S. The molecule has 0 aliphatic heterocycles. The molecule has 0 fully saturated rings. The Morgan fingerprint density at radius 1 is 1.37 bits per heavy atom. The third kappa shape index (κ3) is 4.84. The third-order valence-electron chi connectivity index (χ3n) is 2.53. The molecule has 0 saturated heterocycles. The van der Waals surface area contributed by atoms with Gasteiger partial charge in [-0.05, 0) is 18.6 Å². The molecule has 2 N–H and O–H groups in total. The second-order valence-electron chi connectivity index (χ2n) is 3.96. The largest absolute Gasteiger partial charge is 0.394 e. The van der Waals surface area contributed by atoms with E-state index in [-0.39, 0.29) is 17.5 Å². The maximum Gasteiger partial charge on any atom is 0.244 e. The first-order chi connectivity index (χ1) is 8.99. The summed E-state index contributed by atoms with van der Waals surface area (Å²) in [5.74, 6) is -0.541. The number of carbonyl (C=O) groups is 1. The van der Waals surface area contributed by atoms with Crippen LogP contribution < -0.4 is 5.32 Å². The second kappa shape index (κ2) is 7.06. The summed E-state index contributed by atoms with van der Waals surface area (Å²) in [4.78, 5) is 11.6. The Morgan fingerprint density at radius 3 is 2.53 bits per heavy atom. The zero-order chi connectivity index (χ0) is 14.3. The summed E-state index contributed by atoms with van der Waals surface area (Å²) in [6, 6.07) is 7.49. The lowest BCUT2D eigenvalue weighted by atomic mass is 10.2. The average Bonchev–Trinajstić information content (AvgIpc) is 2.43. The van der Waals surface area contributed by atoms with Crippen LogP contribution in [0.4, 0.5) is 0 Å². The van der Waals surface area contributed by atoms with Gasteiger partial charge in [0.2, 0.25) is 5.91 Å². The number of hydrogen-bond donors (Lipinski definition) is 2. The van der Waals surface area contributed by atoms with E-state index in [1.165, 1.54) is 12.1 Å². The number of hydrogen-bond acceptors (Lipinski definition) is 4. The van der Waals surface area contributed by atoms with Crippen molar-refractivity contribution in [1.82, 2.24) is 5.32 Å². The van der Waals surface area contributed by atoms with Gasteiger partial charge in [-0.1, -0.05) is 25.1 Å². The maximum absolute atomic E-state index is 11.8. The van der Waals surface area contributed by atoms with Gasteiger partial charge >= 0.3 is 0 Å². The lowest BCUT2D eigenvalue weighted by molar-refractivity contribution is -0.117. The average molecular weight is 283 g/mol. The lowest BCUT2D eigenvalue weighted by Gasteiger charge is -2.11. The highest BCUT2D eigenvalue weighted by Gasteiger charge is 2.11. The van der Waals surface area contributed by atoms with Gasteiger partial charge in [-0.25, -0.2) is 8.42 Å². The molecule has 19 heavy (non-hydrogen) atoms. The van der Waals surface area contributed by atoms with E-state index >= 15 is 0 Å². The molecule has 1 atom stereocenters. The number of rotatable bonds is 6. The number of sulfone groups is 1. The summed E-state index contributed by atoms with van der Waals surface area (Å²) >= 11 is 0. The van der Waals surface area contributed by atoms with E-state index in [4.69, 9.17) is 5.11 Å². The van der Waals surface area contributed by atoms with E-state index in [9.17, 15) is 13.2 Å². The van der Waals surface area contributed by atoms with E-state index < -0.39 is 15.7 Å². The van der Waals surface area contributed by atoms with Crippen molar-refractivity contribution < 1.29 is 18.3 Å². The van der Waals surface area contributed by atoms with Crippen LogP contribution in [0.5, 0.6) is 0 Å². The molecule has 1 rings (SSSR count). The Balaban J connectivity index is 2.73. The van der Waals surface area contributed by atoms with Crippen molar-refractivity contribution in [2.45, 2.75) is 24.3 Å². The minimum Gasteiger partial charge on any atom is -0.394 e. The summed E-state index contributed by atoms with van der Waals surface area (Å²) in [6.45, 7) is 1.63. The fraction of sp³-hybridized carbons (Fsp3) is 0.308. The zero-order valence-electron chi connectivity index (χ0n) is 10.6. The molecule has 0 aliphatic carbocycles. The molecule has 0 aromatic heterocycles.